The summed E-state index contributed by atoms with van der Waals surface area (Å²) in [6, 6.07) is 0. The van der Waals surface area contributed by atoms with E-state index >= 15 is 0 Å². The molecule has 0 amide bonds. The number of aliphatic hydroxyl groups excluding tert-OH is 1. The Balaban J connectivity index is 1.54. The Morgan fingerprint density at radius 3 is 2.83 bits per heavy atom. The Kier molecular flexibility index (Phi) is 5.38. The highest BCUT2D eigenvalue weighted by molar-refractivity contribution is 7.09. The van der Waals surface area contributed by atoms with E-state index in [0.717, 1.165) is 56.2 Å². The van der Waals surface area contributed by atoms with Gasteiger partial charge in [-0.05, 0) is 39.8 Å². The fraction of sp³-hybridized carbons (Fsp3) is 0.824. The number of hydrogen-bond acceptors (Lipinski definition) is 6. The summed E-state index contributed by atoms with van der Waals surface area (Å²) >= 11 is 1.67. The summed E-state index contributed by atoms with van der Waals surface area (Å²) in [6.45, 7) is 7.70. The molecule has 1 saturated carbocycles. The molecule has 3 rings (SSSR count). The van der Waals surface area contributed by atoms with E-state index in [9.17, 15) is 5.11 Å². The quantitative estimate of drug-likeness (QED) is 0.863. The standard InChI is InChI=1S/C17H28N2O3S/c1-4-22-15-9-14(20)17(15)5-7-19(8-6-17)10-13-11-23-16(18-13)12(2)21-3/h11-12,14-15,20H,4-10H2,1-3H3/t12-,14-,15-/m1/s1. The van der Waals surface area contributed by atoms with E-state index in [1.165, 1.54) is 0 Å². The lowest BCUT2D eigenvalue weighted by Crippen LogP contribution is -2.62. The molecule has 2 aliphatic rings. The number of piperidine rings is 1. The summed E-state index contributed by atoms with van der Waals surface area (Å²) in [5.41, 5.74) is 1.13. The van der Waals surface area contributed by atoms with Gasteiger partial charge in [-0.3, -0.25) is 4.90 Å². The first-order valence-corrected chi connectivity index (χ1v) is 9.46. The van der Waals surface area contributed by atoms with Crippen LogP contribution < -0.4 is 0 Å². The monoisotopic (exact) mass is 340 g/mol. The van der Waals surface area contributed by atoms with Gasteiger partial charge in [-0.15, -0.1) is 11.3 Å². The smallest absolute Gasteiger partial charge is 0.122 e. The highest BCUT2D eigenvalue weighted by Crippen LogP contribution is 2.51. The van der Waals surface area contributed by atoms with Gasteiger partial charge >= 0.3 is 0 Å². The molecular formula is C17H28N2O3S. The van der Waals surface area contributed by atoms with Gasteiger partial charge in [0.15, 0.2) is 0 Å². The number of likely N-dealkylation sites (tertiary alicyclic amines) is 1. The number of thiazole rings is 1. The van der Waals surface area contributed by atoms with Gasteiger partial charge in [0.1, 0.15) is 11.1 Å². The average molecular weight is 340 g/mol. The number of methoxy groups -OCH3 is 1. The van der Waals surface area contributed by atoms with Crippen molar-refractivity contribution in [2.24, 2.45) is 5.41 Å². The van der Waals surface area contributed by atoms with Crippen LogP contribution in [0.5, 0.6) is 0 Å². The van der Waals surface area contributed by atoms with E-state index in [4.69, 9.17) is 9.47 Å². The topological polar surface area (TPSA) is 54.8 Å². The third-order valence-corrected chi connectivity index (χ3v) is 6.61. The third-order valence-electron chi connectivity index (χ3n) is 5.55. The zero-order chi connectivity index (χ0) is 16.4. The molecule has 1 aromatic heterocycles. The van der Waals surface area contributed by atoms with Crippen molar-refractivity contribution in [3.8, 4) is 0 Å². The van der Waals surface area contributed by atoms with Crippen LogP contribution in [0, 0.1) is 5.41 Å². The van der Waals surface area contributed by atoms with E-state index in [1.54, 1.807) is 18.4 Å². The van der Waals surface area contributed by atoms with Crippen molar-refractivity contribution in [1.82, 2.24) is 9.88 Å². The molecule has 0 bridgehead atoms. The van der Waals surface area contributed by atoms with Crippen molar-refractivity contribution >= 4 is 11.3 Å². The molecule has 6 heteroatoms. The maximum absolute atomic E-state index is 10.3. The minimum atomic E-state index is -0.186. The molecule has 0 aromatic carbocycles. The van der Waals surface area contributed by atoms with Gasteiger partial charge in [0.2, 0.25) is 0 Å². The first-order valence-electron chi connectivity index (χ1n) is 8.58. The molecule has 2 heterocycles. The number of aliphatic hydroxyl groups is 1. The van der Waals surface area contributed by atoms with E-state index in [1.807, 2.05) is 13.8 Å². The van der Waals surface area contributed by atoms with Gasteiger partial charge in [-0.2, -0.15) is 0 Å². The number of aromatic nitrogens is 1. The molecule has 23 heavy (non-hydrogen) atoms. The van der Waals surface area contributed by atoms with E-state index in [-0.39, 0.29) is 23.7 Å². The largest absolute Gasteiger partial charge is 0.392 e. The van der Waals surface area contributed by atoms with Crippen LogP contribution in [-0.4, -0.2) is 54.0 Å². The second-order valence-electron chi connectivity index (χ2n) is 6.76. The third kappa shape index (κ3) is 3.33. The summed E-state index contributed by atoms with van der Waals surface area (Å²) in [5, 5.41) is 13.4. The maximum atomic E-state index is 10.3. The average Bonchev–Trinajstić information content (AvgIpc) is 3.03. The van der Waals surface area contributed by atoms with Crippen LogP contribution in [0.2, 0.25) is 0 Å². The summed E-state index contributed by atoms with van der Waals surface area (Å²) < 4.78 is 11.2. The fourth-order valence-electron chi connectivity index (χ4n) is 3.86. The number of rotatable bonds is 6. The molecular weight excluding hydrogens is 312 g/mol. The zero-order valence-electron chi connectivity index (χ0n) is 14.3. The van der Waals surface area contributed by atoms with Crippen LogP contribution in [0.15, 0.2) is 5.38 Å². The van der Waals surface area contributed by atoms with Crippen LogP contribution in [0.3, 0.4) is 0 Å². The van der Waals surface area contributed by atoms with Crippen LogP contribution in [0.25, 0.3) is 0 Å². The molecule has 1 spiro atoms. The lowest BCUT2D eigenvalue weighted by Gasteiger charge is -2.56. The minimum Gasteiger partial charge on any atom is -0.392 e. The predicted molar refractivity (Wildman–Crippen MR) is 90.5 cm³/mol. The molecule has 3 atom stereocenters. The van der Waals surface area contributed by atoms with Crippen LogP contribution in [-0.2, 0) is 16.0 Å². The molecule has 1 aromatic rings. The van der Waals surface area contributed by atoms with E-state index in [0.29, 0.717) is 0 Å². The van der Waals surface area contributed by atoms with E-state index < -0.39 is 0 Å². The SMILES string of the molecule is CCO[C@@H]1C[C@@H](O)C12CCN(Cc1csc([C@@H](C)OC)n1)CC2. The minimum absolute atomic E-state index is 0.00428. The van der Waals surface area contributed by atoms with Crippen molar-refractivity contribution < 1.29 is 14.6 Å². The molecule has 1 saturated heterocycles. The Hall–Kier alpha value is -0.530. The molecule has 0 unspecified atom stereocenters. The van der Waals surface area contributed by atoms with Gasteiger partial charge < -0.3 is 14.6 Å². The van der Waals surface area contributed by atoms with Gasteiger partial charge in [0.05, 0.1) is 17.9 Å². The second-order valence-corrected chi connectivity index (χ2v) is 7.65. The zero-order valence-corrected chi connectivity index (χ0v) is 15.1. The van der Waals surface area contributed by atoms with Gasteiger partial charge in [0, 0.05) is 37.5 Å². The summed E-state index contributed by atoms with van der Waals surface area (Å²) in [6.07, 6.45) is 2.97. The molecule has 130 valence electrons. The Labute approximate surface area is 142 Å². The van der Waals surface area contributed by atoms with Crippen molar-refractivity contribution in [1.29, 1.82) is 0 Å². The highest BCUT2D eigenvalue weighted by atomic mass is 32.1. The first-order chi connectivity index (χ1) is 11.1. The lowest BCUT2D eigenvalue weighted by molar-refractivity contribution is -0.209. The van der Waals surface area contributed by atoms with E-state index in [2.05, 4.69) is 15.3 Å². The molecule has 0 radical (unpaired) electrons. The normalized spacial score (nSPS) is 28.7. The molecule has 2 fully saturated rings. The molecule has 1 N–H and O–H groups in total. The highest BCUT2D eigenvalue weighted by Gasteiger charge is 2.55. The number of hydrogen-bond donors (Lipinski definition) is 1. The van der Waals surface area contributed by atoms with Crippen LogP contribution in [0.4, 0.5) is 0 Å². The van der Waals surface area contributed by atoms with Gasteiger partial charge in [-0.1, -0.05) is 0 Å². The lowest BCUT2D eigenvalue weighted by atomic mass is 9.58. The molecule has 5 nitrogen and oxygen atoms in total. The first kappa shape index (κ1) is 17.3. The molecule has 1 aliphatic carbocycles. The fourth-order valence-corrected chi connectivity index (χ4v) is 4.70. The predicted octanol–water partition coefficient (Wildman–Crippen LogP) is 2.60. The van der Waals surface area contributed by atoms with Gasteiger partial charge in [0.25, 0.3) is 0 Å². The van der Waals surface area contributed by atoms with Crippen molar-refractivity contribution in [3.05, 3.63) is 16.1 Å². The number of ether oxygens (including phenoxy) is 2. The molecule has 1 aliphatic heterocycles. The summed E-state index contributed by atoms with van der Waals surface area (Å²) in [7, 11) is 1.72. The van der Waals surface area contributed by atoms with Crippen molar-refractivity contribution in [2.75, 3.05) is 26.8 Å². The van der Waals surface area contributed by atoms with Crippen LogP contribution >= 0.6 is 11.3 Å². The van der Waals surface area contributed by atoms with Gasteiger partial charge in [-0.25, -0.2) is 4.98 Å². The second kappa shape index (κ2) is 7.15. The maximum Gasteiger partial charge on any atom is 0.122 e. The van der Waals surface area contributed by atoms with Crippen molar-refractivity contribution in [3.63, 3.8) is 0 Å². The summed E-state index contributed by atoms with van der Waals surface area (Å²) in [4.78, 5) is 7.12. The Bertz CT molecular complexity index is 512. The Morgan fingerprint density at radius 2 is 2.22 bits per heavy atom. The number of nitrogens with zero attached hydrogens (tertiary/aromatic N) is 2. The van der Waals surface area contributed by atoms with Crippen molar-refractivity contribution in [2.45, 2.75) is 58.0 Å². The van der Waals surface area contributed by atoms with Crippen LogP contribution in [0.1, 0.15) is 49.9 Å². The Morgan fingerprint density at radius 1 is 1.48 bits per heavy atom. The summed E-state index contributed by atoms with van der Waals surface area (Å²) in [5.74, 6) is 0.